The number of ether oxygens (including phenoxy) is 1. The molecule has 0 radical (unpaired) electrons. The highest BCUT2D eigenvalue weighted by Crippen LogP contribution is 2.40. The van der Waals surface area contributed by atoms with Crippen LogP contribution in [0.1, 0.15) is 68.4 Å². The van der Waals surface area contributed by atoms with Gasteiger partial charge >= 0.3 is 18.2 Å². The highest BCUT2D eigenvalue weighted by Gasteiger charge is 2.45. The van der Waals surface area contributed by atoms with Gasteiger partial charge in [0, 0.05) is 48.5 Å². The Morgan fingerprint density at radius 3 is 2.46 bits per heavy atom. The zero-order valence-electron chi connectivity index (χ0n) is 21.3. The number of benzene rings is 1. The van der Waals surface area contributed by atoms with Crippen molar-refractivity contribution in [1.82, 2.24) is 19.6 Å². The fraction of sp³-hybridized carbons (Fsp3) is 0.577. The van der Waals surface area contributed by atoms with Gasteiger partial charge in [-0.25, -0.2) is 9.59 Å². The summed E-state index contributed by atoms with van der Waals surface area (Å²) in [5.74, 6) is -1.000. The fourth-order valence-electron chi connectivity index (χ4n) is 5.26. The predicted molar refractivity (Wildman–Crippen MR) is 130 cm³/mol. The second-order valence-electron chi connectivity index (χ2n) is 10.3. The molecule has 1 spiro atoms. The third-order valence-corrected chi connectivity index (χ3v) is 7.51. The van der Waals surface area contributed by atoms with Crippen LogP contribution in [0, 0.1) is 0 Å². The molecule has 2 aliphatic heterocycles. The Kier molecular flexibility index (Phi) is 7.55. The smallest absolute Gasteiger partial charge is 0.425 e. The lowest BCUT2D eigenvalue weighted by molar-refractivity contribution is -0.200. The van der Waals surface area contributed by atoms with Gasteiger partial charge in [0.2, 0.25) is 0 Å². The second-order valence-corrected chi connectivity index (χ2v) is 10.3. The van der Waals surface area contributed by atoms with Crippen molar-refractivity contribution in [3.8, 4) is 11.3 Å². The molecule has 1 N–H and O–H groups in total. The molecular formula is C26H33F3N4O4. The number of hydrogen-bond acceptors (Lipinski definition) is 5. The number of hydrogen-bond donors (Lipinski definition) is 1. The molecule has 0 aliphatic carbocycles. The number of halogens is 3. The molecule has 1 atom stereocenters. The molecule has 1 amide bonds. The van der Waals surface area contributed by atoms with E-state index in [1.807, 2.05) is 30.8 Å². The van der Waals surface area contributed by atoms with Crippen LogP contribution in [0.25, 0.3) is 11.3 Å². The average Bonchev–Trinajstić information content (AvgIpc) is 3.44. The molecule has 202 valence electrons. The van der Waals surface area contributed by atoms with Gasteiger partial charge in [0.15, 0.2) is 6.10 Å². The Balaban J connectivity index is 1.51. The van der Waals surface area contributed by atoms with Gasteiger partial charge in [0.05, 0.1) is 11.3 Å². The molecule has 11 heteroatoms. The number of piperidine rings is 1. The van der Waals surface area contributed by atoms with Crippen molar-refractivity contribution >= 4 is 12.1 Å². The molecule has 1 aromatic heterocycles. The van der Waals surface area contributed by atoms with Crippen molar-refractivity contribution in [3.05, 3.63) is 41.6 Å². The molecule has 3 heterocycles. The topological polar surface area (TPSA) is 87.9 Å². The number of amides is 1. The van der Waals surface area contributed by atoms with Crippen LogP contribution in [0.15, 0.2) is 30.5 Å². The van der Waals surface area contributed by atoms with E-state index in [9.17, 15) is 27.9 Å². The van der Waals surface area contributed by atoms with Crippen LogP contribution in [-0.2, 0) is 11.3 Å². The van der Waals surface area contributed by atoms with Crippen LogP contribution in [0.4, 0.5) is 18.0 Å². The minimum absolute atomic E-state index is 0.121. The van der Waals surface area contributed by atoms with Gasteiger partial charge < -0.3 is 14.7 Å². The van der Waals surface area contributed by atoms with Crippen LogP contribution >= 0.6 is 0 Å². The number of aromatic carboxylic acids is 1. The summed E-state index contributed by atoms with van der Waals surface area (Å²) in [6.07, 6.45) is -2.44. The van der Waals surface area contributed by atoms with Crippen molar-refractivity contribution in [1.29, 1.82) is 0 Å². The molecule has 4 rings (SSSR count). The van der Waals surface area contributed by atoms with Gasteiger partial charge in [0.25, 0.3) is 0 Å². The zero-order chi connectivity index (χ0) is 27.0. The zero-order valence-corrected chi connectivity index (χ0v) is 21.3. The number of likely N-dealkylation sites (tertiary alicyclic amines) is 2. The normalized spacial score (nSPS) is 18.9. The minimum atomic E-state index is -4.59. The average molecular weight is 523 g/mol. The first-order valence-electron chi connectivity index (χ1n) is 12.6. The number of aromatic nitrogens is 2. The number of carbonyl (C=O) groups is 2. The summed E-state index contributed by atoms with van der Waals surface area (Å²) in [4.78, 5) is 27.6. The quantitative estimate of drug-likeness (QED) is 0.551. The summed E-state index contributed by atoms with van der Waals surface area (Å²) >= 11 is 0. The van der Waals surface area contributed by atoms with Crippen molar-refractivity contribution < 1.29 is 32.6 Å². The molecule has 1 unspecified atom stereocenters. The maximum atomic E-state index is 12.8. The molecule has 2 aromatic rings. The van der Waals surface area contributed by atoms with E-state index in [0.717, 1.165) is 43.1 Å². The van der Waals surface area contributed by atoms with Crippen molar-refractivity contribution in [2.75, 3.05) is 19.6 Å². The number of alkyl halides is 3. The Morgan fingerprint density at radius 1 is 1.14 bits per heavy atom. The van der Waals surface area contributed by atoms with Gasteiger partial charge in [-0.15, -0.1) is 0 Å². The van der Waals surface area contributed by atoms with E-state index in [1.165, 1.54) is 4.90 Å². The molecule has 2 fully saturated rings. The molecule has 2 saturated heterocycles. The molecule has 37 heavy (non-hydrogen) atoms. The first-order chi connectivity index (χ1) is 17.4. The highest BCUT2D eigenvalue weighted by molar-refractivity contribution is 5.89. The number of rotatable bonds is 6. The van der Waals surface area contributed by atoms with E-state index >= 15 is 0 Å². The summed E-state index contributed by atoms with van der Waals surface area (Å²) in [5, 5.41) is 14.2. The van der Waals surface area contributed by atoms with Gasteiger partial charge in [-0.05, 0) is 65.1 Å². The SMILES string of the molecule is CC(C)n1cc(CN2CCCC23CCN(C(=O)OC(C)C(F)(F)F)CC3)c(-c2cccc(C(=O)O)c2)n1. The van der Waals surface area contributed by atoms with Gasteiger partial charge in [-0.2, -0.15) is 18.3 Å². The minimum Gasteiger partial charge on any atom is -0.478 e. The van der Waals surface area contributed by atoms with Crippen molar-refractivity contribution in [2.45, 2.75) is 76.9 Å². The first-order valence-corrected chi connectivity index (χ1v) is 12.6. The van der Waals surface area contributed by atoms with Crippen molar-refractivity contribution in [3.63, 3.8) is 0 Å². The molecule has 0 saturated carbocycles. The molecule has 0 bridgehead atoms. The standard InChI is InChI=1S/C26H33F3N4O4/c1-17(2)33-16-21(22(30-33)19-6-4-7-20(14-19)23(34)35)15-32-11-5-8-25(32)9-12-31(13-10-25)24(36)37-18(3)26(27,28)29/h4,6-7,14,16-18H,5,8-13,15H2,1-3H3,(H,34,35). The summed E-state index contributed by atoms with van der Waals surface area (Å²) in [5.41, 5.74) is 2.49. The van der Waals surface area contributed by atoms with E-state index in [1.54, 1.807) is 18.2 Å². The van der Waals surface area contributed by atoms with E-state index in [0.29, 0.717) is 32.5 Å². The monoisotopic (exact) mass is 522 g/mol. The molecule has 1 aromatic carbocycles. The van der Waals surface area contributed by atoms with E-state index in [2.05, 4.69) is 9.64 Å². The maximum absolute atomic E-state index is 12.8. The first kappa shape index (κ1) is 27.0. The lowest BCUT2D eigenvalue weighted by Crippen LogP contribution is -2.53. The van der Waals surface area contributed by atoms with E-state index < -0.39 is 24.3 Å². The van der Waals surface area contributed by atoms with Gasteiger partial charge in [-0.3, -0.25) is 9.58 Å². The fourth-order valence-corrected chi connectivity index (χ4v) is 5.26. The largest absolute Gasteiger partial charge is 0.478 e. The van der Waals surface area contributed by atoms with E-state index in [-0.39, 0.29) is 17.1 Å². The molecule has 8 nitrogen and oxygen atoms in total. The number of nitrogens with zero attached hydrogens (tertiary/aromatic N) is 4. The highest BCUT2D eigenvalue weighted by atomic mass is 19.4. The molecule has 2 aliphatic rings. The third kappa shape index (κ3) is 5.76. The maximum Gasteiger partial charge on any atom is 0.425 e. The number of carboxylic acid groups (broad SMARTS) is 1. The summed E-state index contributed by atoms with van der Waals surface area (Å²) in [6, 6.07) is 6.87. The van der Waals surface area contributed by atoms with Crippen LogP contribution in [0.3, 0.4) is 0 Å². The van der Waals surface area contributed by atoms with Crippen LogP contribution in [0.2, 0.25) is 0 Å². The van der Waals surface area contributed by atoms with Gasteiger partial charge in [0.1, 0.15) is 0 Å². The third-order valence-electron chi connectivity index (χ3n) is 7.51. The lowest BCUT2D eigenvalue weighted by atomic mass is 9.85. The predicted octanol–water partition coefficient (Wildman–Crippen LogP) is 5.35. The second kappa shape index (κ2) is 10.4. The summed E-state index contributed by atoms with van der Waals surface area (Å²) in [7, 11) is 0. The van der Waals surface area contributed by atoms with Crippen LogP contribution < -0.4 is 0 Å². The van der Waals surface area contributed by atoms with Crippen molar-refractivity contribution in [2.24, 2.45) is 0 Å². The number of carboxylic acids is 1. The van der Waals surface area contributed by atoms with E-state index in [4.69, 9.17) is 5.10 Å². The lowest BCUT2D eigenvalue weighted by Gasteiger charge is -2.45. The Hall–Kier alpha value is -3.08. The molecular weight excluding hydrogens is 489 g/mol. The Labute approximate surface area is 214 Å². The summed E-state index contributed by atoms with van der Waals surface area (Å²) < 4.78 is 44.9. The van der Waals surface area contributed by atoms with Crippen LogP contribution in [0.5, 0.6) is 0 Å². The number of carbonyl (C=O) groups excluding carboxylic acids is 1. The Bertz CT molecular complexity index is 1140. The van der Waals surface area contributed by atoms with Crippen LogP contribution in [-0.4, -0.2) is 74.2 Å². The van der Waals surface area contributed by atoms with Gasteiger partial charge in [-0.1, -0.05) is 12.1 Å². The summed E-state index contributed by atoms with van der Waals surface area (Å²) in [6.45, 7) is 7.02. The Morgan fingerprint density at radius 2 is 1.84 bits per heavy atom.